The predicted octanol–water partition coefficient (Wildman–Crippen LogP) is 8.74. The van der Waals surface area contributed by atoms with Gasteiger partial charge in [-0.1, -0.05) is 91.3 Å². The summed E-state index contributed by atoms with van der Waals surface area (Å²) in [7, 11) is 3.47. The number of rotatable bonds is 6. The number of benzene rings is 4. The topological polar surface area (TPSA) is 42.0 Å². The van der Waals surface area contributed by atoms with Gasteiger partial charge in [0, 0.05) is 36.0 Å². The zero-order valence-electron chi connectivity index (χ0n) is 28.8. The minimum Gasteiger partial charge on any atom is -0.497 e. The highest BCUT2D eigenvalue weighted by molar-refractivity contribution is 5.96. The summed E-state index contributed by atoms with van der Waals surface area (Å²) in [6, 6.07) is 40.4. The van der Waals surface area contributed by atoms with Gasteiger partial charge in [0.25, 0.3) is 0 Å². The molecule has 4 aromatic carbocycles. The van der Waals surface area contributed by atoms with Gasteiger partial charge >= 0.3 is 0 Å². The molecule has 0 amide bonds. The fourth-order valence-electron chi connectivity index (χ4n) is 12.0. The van der Waals surface area contributed by atoms with E-state index in [1.165, 1.54) is 35.1 Å². The van der Waals surface area contributed by atoms with Crippen LogP contribution in [-0.4, -0.2) is 55.0 Å². The van der Waals surface area contributed by atoms with Crippen LogP contribution < -0.4 is 9.47 Å². The number of ether oxygens (including phenoxy) is 2. The number of ketones is 1. The first-order valence-corrected chi connectivity index (χ1v) is 18.6. The SMILES string of the molecule is COc1ccc(C2C3CCCN3C(c3ccccc3)C23CCCC2(C3=O)C(c3ccccc3)C3CCCN3C2c2ccc(OC)cc2)cc1. The number of carbonyl (C=O) groups excluding carboxylic acids is 1. The molecule has 49 heavy (non-hydrogen) atoms. The number of hydrogen-bond donors (Lipinski definition) is 0. The van der Waals surface area contributed by atoms with Gasteiger partial charge in [0.1, 0.15) is 17.3 Å². The van der Waals surface area contributed by atoms with Crippen LogP contribution in [0.25, 0.3) is 0 Å². The Morgan fingerprint density at radius 3 is 1.41 bits per heavy atom. The fraction of sp³-hybridized carbons (Fsp3) is 0.432. The van der Waals surface area contributed by atoms with E-state index in [0.29, 0.717) is 17.9 Å². The molecule has 0 N–H and O–H groups in total. The lowest BCUT2D eigenvalue weighted by Crippen LogP contribution is -2.56. The van der Waals surface area contributed by atoms with Gasteiger partial charge in [-0.3, -0.25) is 14.6 Å². The Morgan fingerprint density at radius 1 is 0.531 bits per heavy atom. The smallest absolute Gasteiger partial charge is 0.150 e. The van der Waals surface area contributed by atoms with Crippen molar-refractivity contribution < 1.29 is 14.3 Å². The quantitative estimate of drug-likeness (QED) is 0.208. The molecule has 4 aliphatic heterocycles. The predicted molar refractivity (Wildman–Crippen MR) is 193 cm³/mol. The molecule has 4 aromatic rings. The molecule has 2 spiro atoms. The van der Waals surface area contributed by atoms with Crippen LogP contribution in [-0.2, 0) is 4.79 Å². The van der Waals surface area contributed by atoms with Gasteiger partial charge in [0.15, 0.2) is 0 Å². The molecule has 8 unspecified atom stereocenters. The Labute approximate surface area is 291 Å². The van der Waals surface area contributed by atoms with Crippen molar-refractivity contribution in [3.63, 3.8) is 0 Å². The van der Waals surface area contributed by atoms with Crippen LogP contribution in [0, 0.1) is 10.8 Å². The van der Waals surface area contributed by atoms with Crippen LogP contribution in [0.4, 0.5) is 0 Å². The Balaban J connectivity index is 1.30. The average molecular weight is 653 g/mol. The summed E-state index contributed by atoms with van der Waals surface area (Å²) in [5, 5.41) is 0. The Hall–Kier alpha value is -3.93. The summed E-state index contributed by atoms with van der Waals surface area (Å²) in [6.45, 7) is 2.07. The van der Waals surface area contributed by atoms with Crippen LogP contribution >= 0.6 is 0 Å². The Bertz CT molecular complexity index is 1660. The van der Waals surface area contributed by atoms with E-state index in [-0.39, 0.29) is 23.9 Å². The van der Waals surface area contributed by atoms with Gasteiger partial charge < -0.3 is 9.47 Å². The first kappa shape index (κ1) is 31.1. The number of carbonyl (C=O) groups is 1. The molecule has 5 fully saturated rings. The van der Waals surface area contributed by atoms with E-state index in [0.717, 1.165) is 56.7 Å². The molecule has 1 saturated carbocycles. The highest BCUT2D eigenvalue weighted by Gasteiger charge is 2.74. The zero-order valence-corrected chi connectivity index (χ0v) is 28.8. The lowest BCUT2D eigenvalue weighted by molar-refractivity contribution is -0.151. The van der Waals surface area contributed by atoms with Gasteiger partial charge in [-0.05, 0) is 98.1 Å². The molecular weight excluding hydrogens is 604 g/mol. The molecular formula is C44H48N2O3. The van der Waals surface area contributed by atoms with Crippen LogP contribution in [0.3, 0.4) is 0 Å². The largest absolute Gasteiger partial charge is 0.497 e. The minimum atomic E-state index is -0.559. The van der Waals surface area contributed by atoms with Crippen molar-refractivity contribution in [2.75, 3.05) is 27.3 Å². The van der Waals surface area contributed by atoms with Crippen molar-refractivity contribution in [2.45, 2.75) is 80.9 Å². The fourth-order valence-corrected chi connectivity index (χ4v) is 12.0. The van der Waals surface area contributed by atoms with Crippen molar-refractivity contribution in [1.29, 1.82) is 0 Å². The molecule has 1 aliphatic carbocycles. The number of nitrogens with zero attached hydrogens (tertiary/aromatic N) is 2. The molecule has 9 rings (SSSR count). The Kier molecular flexibility index (Phi) is 7.70. The molecule has 5 aliphatic rings. The lowest BCUT2D eigenvalue weighted by Gasteiger charge is -2.54. The molecule has 0 radical (unpaired) electrons. The maximum atomic E-state index is 16.9. The monoisotopic (exact) mass is 652 g/mol. The summed E-state index contributed by atoms with van der Waals surface area (Å²) >= 11 is 0. The molecule has 252 valence electrons. The van der Waals surface area contributed by atoms with Crippen LogP contribution in [0.15, 0.2) is 109 Å². The second kappa shape index (κ2) is 12.1. The van der Waals surface area contributed by atoms with Crippen LogP contribution in [0.2, 0.25) is 0 Å². The maximum absolute atomic E-state index is 16.9. The Morgan fingerprint density at radius 2 is 0.939 bits per heavy atom. The number of Topliss-reactive ketones (excluding diaryl/α,β-unsaturated/α-hetero) is 1. The first-order chi connectivity index (χ1) is 24.1. The summed E-state index contributed by atoms with van der Waals surface area (Å²) in [5.41, 5.74) is 4.06. The molecule has 8 atom stereocenters. The van der Waals surface area contributed by atoms with Gasteiger partial charge in [-0.25, -0.2) is 0 Å². The lowest BCUT2D eigenvalue weighted by atomic mass is 9.47. The normalized spacial score (nSPS) is 34.0. The van der Waals surface area contributed by atoms with Gasteiger partial charge in [-0.15, -0.1) is 0 Å². The van der Waals surface area contributed by atoms with E-state index < -0.39 is 10.8 Å². The van der Waals surface area contributed by atoms with E-state index in [2.05, 4.69) is 119 Å². The van der Waals surface area contributed by atoms with Crippen LogP contribution in [0.5, 0.6) is 11.5 Å². The van der Waals surface area contributed by atoms with Gasteiger partial charge in [0.05, 0.1) is 25.0 Å². The third kappa shape index (κ3) is 4.47. The molecule has 4 saturated heterocycles. The summed E-state index contributed by atoms with van der Waals surface area (Å²) < 4.78 is 11.3. The van der Waals surface area contributed by atoms with Crippen molar-refractivity contribution in [1.82, 2.24) is 9.80 Å². The maximum Gasteiger partial charge on any atom is 0.150 e. The number of fused-ring (bicyclic) bond motifs is 2. The average Bonchev–Trinajstić information content (AvgIpc) is 3.92. The molecule has 5 nitrogen and oxygen atoms in total. The summed E-state index contributed by atoms with van der Waals surface area (Å²) in [5.74, 6) is 2.49. The third-order valence-corrected chi connectivity index (χ3v) is 13.4. The highest BCUT2D eigenvalue weighted by atomic mass is 16.5. The third-order valence-electron chi connectivity index (χ3n) is 13.4. The van der Waals surface area contributed by atoms with E-state index in [1.807, 2.05) is 0 Å². The van der Waals surface area contributed by atoms with Crippen LogP contribution in [0.1, 0.15) is 91.1 Å². The molecule has 5 heteroatoms. The van der Waals surface area contributed by atoms with Gasteiger partial charge in [-0.2, -0.15) is 0 Å². The van der Waals surface area contributed by atoms with Crippen molar-refractivity contribution in [3.05, 3.63) is 131 Å². The van der Waals surface area contributed by atoms with E-state index in [4.69, 9.17) is 9.47 Å². The van der Waals surface area contributed by atoms with Gasteiger partial charge in [0.2, 0.25) is 0 Å². The number of hydrogen-bond acceptors (Lipinski definition) is 5. The summed E-state index contributed by atoms with van der Waals surface area (Å²) in [4.78, 5) is 22.4. The molecule has 0 bridgehead atoms. The minimum absolute atomic E-state index is 0.0177. The van der Waals surface area contributed by atoms with Crippen molar-refractivity contribution in [3.8, 4) is 11.5 Å². The second-order valence-electron chi connectivity index (χ2n) is 15.3. The standard InChI is InChI=1S/C44H48N2O3/c1-48-34-22-18-31(19-23-34)39-37-17-10-28-45(37)40(32-14-7-4-8-15-32)44(39)27-11-26-43(42(44)47)38(30-12-5-3-6-13-30)36-16-9-29-46(36)41(43)33-20-24-35(49-2)25-21-33/h3-8,12-15,18-25,36-41H,9-11,16-17,26-29H2,1-2H3. The van der Waals surface area contributed by atoms with Crippen molar-refractivity contribution >= 4 is 5.78 Å². The van der Waals surface area contributed by atoms with E-state index in [1.54, 1.807) is 14.2 Å². The number of methoxy groups -OCH3 is 2. The van der Waals surface area contributed by atoms with E-state index >= 15 is 4.79 Å². The highest BCUT2D eigenvalue weighted by Crippen LogP contribution is 2.73. The van der Waals surface area contributed by atoms with Crippen molar-refractivity contribution in [2.24, 2.45) is 10.8 Å². The van der Waals surface area contributed by atoms with E-state index in [9.17, 15) is 0 Å². The first-order valence-electron chi connectivity index (χ1n) is 18.6. The second-order valence-corrected chi connectivity index (χ2v) is 15.3. The zero-order chi connectivity index (χ0) is 33.2. The molecule has 4 heterocycles. The summed E-state index contributed by atoms with van der Waals surface area (Å²) in [6.07, 6.45) is 7.48. The molecule has 0 aromatic heterocycles.